The Bertz CT molecular complexity index is 1090. The van der Waals surface area contributed by atoms with Crippen molar-refractivity contribution in [1.29, 1.82) is 0 Å². The summed E-state index contributed by atoms with van der Waals surface area (Å²) in [6.07, 6.45) is 4.48. The minimum Gasteiger partial charge on any atom is -0.356 e. The molecule has 2 N–H and O–H groups in total. The maximum atomic E-state index is 13.1. The number of rotatable bonds is 3. The molecule has 3 aromatic rings. The van der Waals surface area contributed by atoms with Crippen molar-refractivity contribution in [2.75, 3.05) is 18.0 Å². The fraction of sp³-hybridized carbons (Fsp3) is 0.333. The molecule has 0 saturated carbocycles. The highest BCUT2D eigenvalue weighted by molar-refractivity contribution is 7.90. The molecule has 0 spiro atoms. The van der Waals surface area contributed by atoms with Gasteiger partial charge < -0.3 is 10.6 Å². The lowest BCUT2D eigenvalue weighted by Crippen LogP contribution is -2.40. The van der Waals surface area contributed by atoms with Crippen LogP contribution >= 0.6 is 11.6 Å². The monoisotopic (exact) mass is 405 g/mol. The molecule has 0 unspecified atom stereocenters. The van der Waals surface area contributed by atoms with Crippen molar-refractivity contribution >= 4 is 38.5 Å². The third-order valence-corrected chi connectivity index (χ3v) is 6.85. The number of benzene rings is 1. The fourth-order valence-corrected chi connectivity index (χ4v) is 4.98. The van der Waals surface area contributed by atoms with Crippen LogP contribution in [0.5, 0.6) is 0 Å². The molecule has 2 aromatic heterocycles. The van der Waals surface area contributed by atoms with Crippen LogP contribution in [0.15, 0.2) is 41.7 Å². The van der Waals surface area contributed by atoms with Crippen molar-refractivity contribution in [1.82, 2.24) is 13.9 Å². The molecule has 3 heterocycles. The minimum absolute atomic E-state index is 0.181. The maximum Gasteiger partial charge on any atom is 0.269 e. The molecule has 1 aliphatic rings. The molecule has 0 atom stereocenters. The van der Waals surface area contributed by atoms with Gasteiger partial charge in [0.05, 0.1) is 15.3 Å². The second kappa shape index (κ2) is 6.78. The number of hydrogen-bond donors (Lipinski definition) is 1. The number of aryl methyl sites for hydroxylation is 1. The molecular weight excluding hydrogens is 386 g/mol. The molecule has 0 amide bonds. The van der Waals surface area contributed by atoms with E-state index >= 15 is 0 Å². The number of aromatic nitrogens is 3. The van der Waals surface area contributed by atoms with Gasteiger partial charge in [0.2, 0.25) is 0 Å². The molecule has 142 valence electrons. The highest BCUT2D eigenvalue weighted by Gasteiger charge is 2.26. The van der Waals surface area contributed by atoms with E-state index in [1.54, 1.807) is 24.3 Å². The van der Waals surface area contributed by atoms with E-state index in [1.807, 2.05) is 6.92 Å². The highest BCUT2D eigenvalue weighted by Crippen LogP contribution is 2.34. The standard InChI is InChI=1S/C18H20ClN5O2S/c1-12-2-4-14(5-3-12)27(25,26)24-10-15(19)16-17(21-11-22-18(16)24)23-8-6-13(20)7-9-23/h2-5,10-11,13H,6-9,20H2,1H3. The zero-order chi connectivity index (χ0) is 19.2. The lowest BCUT2D eigenvalue weighted by Gasteiger charge is -2.31. The predicted octanol–water partition coefficient (Wildman–Crippen LogP) is 2.56. The van der Waals surface area contributed by atoms with E-state index < -0.39 is 10.0 Å². The third-order valence-electron chi connectivity index (χ3n) is 4.90. The summed E-state index contributed by atoms with van der Waals surface area (Å²) in [6.45, 7) is 3.40. The first-order valence-electron chi connectivity index (χ1n) is 8.72. The van der Waals surface area contributed by atoms with Gasteiger partial charge in [0.15, 0.2) is 5.65 Å². The number of fused-ring (bicyclic) bond motifs is 1. The van der Waals surface area contributed by atoms with Crippen molar-refractivity contribution in [2.24, 2.45) is 5.73 Å². The topological polar surface area (TPSA) is 94.1 Å². The molecule has 0 aliphatic carbocycles. The Hall–Kier alpha value is -2.16. The van der Waals surface area contributed by atoms with Crippen LogP contribution in [0, 0.1) is 6.92 Å². The number of nitrogens with zero attached hydrogens (tertiary/aromatic N) is 4. The zero-order valence-corrected chi connectivity index (χ0v) is 16.4. The summed E-state index contributed by atoms with van der Waals surface area (Å²) >= 11 is 6.43. The van der Waals surface area contributed by atoms with E-state index in [4.69, 9.17) is 17.3 Å². The molecule has 0 radical (unpaired) electrons. The summed E-state index contributed by atoms with van der Waals surface area (Å²) in [5.41, 5.74) is 7.25. The molecule has 4 rings (SSSR count). The van der Waals surface area contributed by atoms with Gasteiger partial charge in [-0.2, -0.15) is 0 Å². The van der Waals surface area contributed by atoms with Crippen LogP contribution in [0.3, 0.4) is 0 Å². The summed E-state index contributed by atoms with van der Waals surface area (Å²) in [4.78, 5) is 10.9. The molecule has 1 fully saturated rings. The van der Waals surface area contributed by atoms with E-state index in [1.165, 1.54) is 12.5 Å². The minimum atomic E-state index is -3.81. The third kappa shape index (κ3) is 3.18. The molecule has 1 aliphatic heterocycles. The SMILES string of the molecule is Cc1ccc(S(=O)(=O)n2cc(Cl)c3c(N4CCC(N)CC4)ncnc32)cc1. The molecule has 1 aromatic carbocycles. The lowest BCUT2D eigenvalue weighted by molar-refractivity contribution is 0.499. The molecule has 9 heteroatoms. The number of hydrogen-bond acceptors (Lipinski definition) is 6. The van der Waals surface area contributed by atoms with Gasteiger partial charge in [-0.3, -0.25) is 0 Å². The first-order chi connectivity index (χ1) is 12.9. The quantitative estimate of drug-likeness (QED) is 0.719. The van der Waals surface area contributed by atoms with Gasteiger partial charge in [0, 0.05) is 25.3 Å². The van der Waals surface area contributed by atoms with Crippen LogP contribution in [-0.2, 0) is 10.0 Å². The average Bonchev–Trinajstić information content (AvgIpc) is 3.01. The number of piperidine rings is 1. The lowest BCUT2D eigenvalue weighted by atomic mass is 10.1. The summed E-state index contributed by atoms with van der Waals surface area (Å²) in [7, 11) is -3.81. The van der Waals surface area contributed by atoms with Crippen LogP contribution in [0.4, 0.5) is 5.82 Å². The Labute approximate surface area is 162 Å². The van der Waals surface area contributed by atoms with Crippen LogP contribution in [0.25, 0.3) is 11.0 Å². The van der Waals surface area contributed by atoms with E-state index in [0.29, 0.717) is 16.2 Å². The summed E-state index contributed by atoms with van der Waals surface area (Å²) < 4.78 is 27.4. The molecule has 1 saturated heterocycles. The normalized spacial score (nSPS) is 16.2. The summed E-state index contributed by atoms with van der Waals surface area (Å²) in [6, 6.07) is 6.87. The smallest absolute Gasteiger partial charge is 0.269 e. The predicted molar refractivity (Wildman–Crippen MR) is 106 cm³/mol. The molecule has 7 nitrogen and oxygen atoms in total. The molecular formula is C18H20ClN5O2S. The van der Waals surface area contributed by atoms with Crippen molar-refractivity contribution < 1.29 is 8.42 Å². The zero-order valence-electron chi connectivity index (χ0n) is 14.8. The van der Waals surface area contributed by atoms with Gasteiger partial charge in [-0.25, -0.2) is 22.4 Å². The first kappa shape index (κ1) is 18.2. The van der Waals surface area contributed by atoms with Gasteiger partial charge in [0.25, 0.3) is 10.0 Å². The van der Waals surface area contributed by atoms with E-state index in [0.717, 1.165) is 35.5 Å². The Morgan fingerprint density at radius 3 is 2.48 bits per heavy atom. The highest BCUT2D eigenvalue weighted by atomic mass is 35.5. The van der Waals surface area contributed by atoms with Crippen molar-refractivity contribution in [3.05, 3.63) is 47.4 Å². The summed E-state index contributed by atoms with van der Waals surface area (Å²) in [5, 5.41) is 0.858. The Morgan fingerprint density at radius 2 is 1.81 bits per heavy atom. The van der Waals surface area contributed by atoms with Gasteiger partial charge in [-0.05, 0) is 31.9 Å². The summed E-state index contributed by atoms with van der Waals surface area (Å²) in [5.74, 6) is 0.648. The maximum absolute atomic E-state index is 13.1. The van der Waals surface area contributed by atoms with E-state index in [-0.39, 0.29) is 16.6 Å². The van der Waals surface area contributed by atoms with Crippen molar-refractivity contribution in [2.45, 2.75) is 30.7 Å². The van der Waals surface area contributed by atoms with Gasteiger partial charge in [0.1, 0.15) is 12.1 Å². The number of nitrogens with two attached hydrogens (primary N) is 1. The average molecular weight is 406 g/mol. The molecule has 0 bridgehead atoms. The van der Waals surface area contributed by atoms with Gasteiger partial charge in [-0.1, -0.05) is 29.3 Å². The Balaban J connectivity index is 1.84. The second-order valence-corrected chi connectivity index (χ2v) is 9.03. The molecule has 27 heavy (non-hydrogen) atoms. The van der Waals surface area contributed by atoms with Crippen LogP contribution in [0.2, 0.25) is 5.02 Å². The van der Waals surface area contributed by atoms with Crippen LogP contribution in [0.1, 0.15) is 18.4 Å². The second-order valence-electron chi connectivity index (χ2n) is 6.81. The van der Waals surface area contributed by atoms with Crippen LogP contribution < -0.4 is 10.6 Å². The largest absolute Gasteiger partial charge is 0.356 e. The van der Waals surface area contributed by atoms with Crippen LogP contribution in [-0.4, -0.2) is 41.5 Å². The Morgan fingerprint density at radius 1 is 1.15 bits per heavy atom. The van der Waals surface area contributed by atoms with Crippen molar-refractivity contribution in [3.63, 3.8) is 0 Å². The number of halogens is 1. The first-order valence-corrected chi connectivity index (χ1v) is 10.5. The fourth-order valence-electron chi connectivity index (χ4n) is 3.33. The van der Waals surface area contributed by atoms with E-state index in [9.17, 15) is 8.42 Å². The Kier molecular flexibility index (Phi) is 4.57. The van der Waals surface area contributed by atoms with Gasteiger partial charge >= 0.3 is 0 Å². The van der Waals surface area contributed by atoms with Gasteiger partial charge in [-0.15, -0.1) is 0 Å². The number of anilines is 1. The van der Waals surface area contributed by atoms with E-state index in [2.05, 4.69) is 14.9 Å². The van der Waals surface area contributed by atoms with Crippen molar-refractivity contribution in [3.8, 4) is 0 Å².